The summed E-state index contributed by atoms with van der Waals surface area (Å²) in [4.78, 5) is 11.9. The predicted molar refractivity (Wildman–Crippen MR) is 85.1 cm³/mol. The maximum atomic E-state index is 11.9. The molecule has 22 heavy (non-hydrogen) atoms. The summed E-state index contributed by atoms with van der Waals surface area (Å²) in [5.41, 5.74) is 2.30. The van der Waals surface area contributed by atoms with Gasteiger partial charge in [-0.1, -0.05) is 30.7 Å². The summed E-state index contributed by atoms with van der Waals surface area (Å²) in [7, 11) is 1.64. The van der Waals surface area contributed by atoms with Crippen LogP contribution in [-0.4, -0.2) is 32.9 Å². The van der Waals surface area contributed by atoms with Crippen molar-refractivity contribution in [2.45, 2.75) is 32.1 Å². The molecule has 0 heterocycles. The predicted octanol–water partition coefficient (Wildman–Crippen LogP) is 3.47. The van der Waals surface area contributed by atoms with Crippen molar-refractivity contribution in [1.82, 2.24) is 0 Å². The number of carbonyl (C=O) groups excluding carboxylic acids is 1. The third kappa shape index (κ3) is 4.68. The fourth-order valence-electron chi connectivity index (χ4n) is 2.70. The van der Waals surface area contributed by atoms with Crippen molar-refractivity contribution < 1.29 is 19.0 Å². The van der Waals surface area contributed by atoms with Gasteiger partial charge in [-0.15, -0.1) is 0 Å². The number of para-hydroxylation sites is 1. The van der Waals surface area contributed by atoms with Crippen molar-refractivity contribution >= 4 is 5.78 Å². The summed E-state index contributed by atoms with van der Waals surface area (Å²) in [5, 5.41) is 0. The van der Waals surface area contributed by atoms with Gasteiger partial charge in [0.15, 0.2) is 12.6 Å². The molecule has 0 aromatic heterocycles. The Balaban J connectivity index is 2.02. The topological polar surface area (TPSA) is 44.8 Å². The SMILES string of the molecule is CCC1=CC(=O)CC(c2ccccc2OCOCCOC)C1. The van der Waals surface area contributed by atoms with Gasteiger partial charge in [0.25, 0.3) is 0 Å². The van der Waals surface area contributed by atoms with E-state index in [4.69, 9.17) is 14.2 Å². The quantitative estimate of drug-likeness (QED) is 0.545. The van der Waals surface area contributed by atoms with Gasteiger partial charge in [0.05, 0.1) is 13.2 Å². The fraction of sp³-hybridized carbons (Fsp3) is 0.500. The van der Waals surface area contributed by atoms with Crippen molar-refractivity contribution in [3.05, 3.63) is 41.5 Å². The van der Waals surface area contributed by atoms with Crippen LogP contribution >= 0.6 is 0 Å². The second kappa shape index (κ2) is 8.71. The van der Waals surface area contributed by atoms with Crippen LogP contribution in [0.3, 0.4) is 0 Å². The molecule has 1 aromatic rings. The highest BCUT2D eigenvalue weighted by atomic mass is 16.7. The Hall–Kier alpha value is -1.65. The van der Waals surface area contributed by atoms with E-state index in [0.717, 1.165) is 24.2 Å². The standard InChI is InChI=1S/C18H24O4/c1-3-14-10-15(12-16(19)11-14)17-6-4-5-7-18(17)22-13-21-9-8-20-2/h4-7,11,15H,3,8-10,12-13H2,1-2H3. The number of rotatable bonds is 8. The number of ketones is 1. The summed E-state index contributed by atoms with van der Waals surface area (Å²) in [6.07, 6.45) is 4.20. The molecule has 1 aliphatic carbocycles. The van der Waals surface area contributed by atoms with E-state index >= 15 is 0 Å². The van der Waals surface area contributed by atoms with E-state index in [2.05, 4.69) is 6.92 Å². The van der Waals surface area contributed by atoms with Crippen LogP contribution in [0.1, 0.15) is 37.7 Å². The summed E-state index contributed by atoms with van der Waals surface area (Å²) in [6, 6.07) is 7.90. The van der Waals surface area contributed by atoms with Crippen LogP contribution in [0.15, 0.2) is 35.9 Å². The summed E-state index contributed by atoms with van der Waals surface area (Å²) >= 11 is 0. The van der Waals surface area contributed by atoms with Crippen LogP contribution in [0.25, 0.3) is 0 Å². The van der Waals surface area contributed by atoms with Crippen molar-refractivity contribution in [2.24, 2.45) is 0 Å². The number of hydrogen-bond donors (Lipinski definition) is 0. The molecule has 0 fully saturated rings. The smallest absolute Gasteiger partial charge is 0.189 e. The lowest BCUT2D eigenvalue weighted by Crippen LogP contribution is -2.14. The second-order valence-corrected chi connectivity index (χ2v) is 5.43. The third-order valence-corrected chi connectivity index (χ3v) is 3.86. The summed E-state index contributed by atoms with van der Waals surface area (Å²) in [5.74, 6) is 1.21. The van der Waals surface area contributed by atoms with E-state index in [9.17, 15) is 4.79 Å². The van der Waals surface area contributed by atoms with Crippen molar-refractivity contribution in [1.29, 1.82) is 0 Å². The fourth-order valence-corrected chi connectivity index (χ4v) is 2.70. The molecule has 4 heteroatoms. The van der Waals surface area contributed by atoms with Crippen LogP contribution in [0, 0.1) is 0 Å². The normalized spacial score (nSPS) is 18.2. The van der Waals surface area contributed by atoms with Crippen LogP contribution < -0.4 is 4.74 Å². The first-order valence-corrected chi connectivity index (χ1v) is 7.75. The van der Waals surface area contributed by atoms with E-state index in [1.165, 1.54) is 5.57 Å². The number of allylic oxidation sites excluding steroid dienone is 2. The minimum atomic E-state index is 0.192. The second-order valence-electron chi connectivity index (χ2n) is 5.43. The average Bonchev–Trinajstić information content (AvgIpc) is 2.54. The van der Waals surface area contributed by atoms with Gasteiger partial charge in [-0.05, 0) is 36.5 Å². The zero-order valence-electron chi connectivity index (χ0n) is 13.3. The number of methoxy groups -OCH3 is 1. The summed E-state index contributed by atoms with van der Waals surface area (Å²) < 4.78 is 16.0. The first-order valence-electron chi connectivity index (χ1n) is 7.75. The van der Waals surface area contributed by atoms with Crippen LogP contribution in [0.2, 0.25) is 0 Å². The van der Waals surface area contributed by atoms with Crippen molar-refractivity contribution in [3.8, 4) is 5.75 Å². The lowest BCUT2D eigenvalue weighted by Gasteiger charge is -2.24. The highest BCUT2D eigenvalue weighted by Gasteiger charge is 2.23. The Morgan fingerprint density at radius 3 is 2.77 bits per heavy atom. The molecule has 1 aliphatic rings. The van der Waals surface area contributed by atoms with Crippen LogP contribution in [0.4, 0.5) is 0 Å². The Kier molecular flexibility index (Phi) is 6.62. The van der Waals surface area contributed by atoms with Gasteiger partial charge in [-0.3, -0.25) is 4.79 Å². The lowest BCUT2D eigenvalue weighted by atomic mass is 9.82. The van der Waals surface area contributed by atoms with E-state index in [1.807, 2.05) is 24.3 Å². The zero-order valence-corrected chi connectivity index (χ0v) is 13.3. The molecular weight excluding hydrogens is 280 g/mol. The maximum Gasteiger partial charge on any atom is 0.189 e. The Morgan fingerprint density at radius 2 is 2.00 bits per heavy atom. The van der Waals surface area contributed by atoms with Gasteiger partial charge in [0.1, 0.15) is 5.75 Å². The van der Waals surface area contributed by atoms with E-state index < -0.39 is 0 Å². The minimum absolute atomic E-state index is 0.192. The highest BCUT2D eigenvalue weighted by molar-refractivity contribution is 5.92. The zero-order chi connectivity index (χ0) is 15.8. The van der Waals surface area contributed by atoms with Gasteiger partial charge in [0, 0.05) is 13.5 Å². The van der Waals surface area contributed by atoms with E-state index in [0.29, 0.717) is 19.6 Å². The molecule has 0 spiro atoms. The molecule has 0 N–H and O–H groups in total. The van der Waals surface area contributed by atoms with E-state index in [-0.39, 0.29) is 18.5 Å². The number of benzene rings is 1. The molecule has 1 unspecified atom stereocenters. The molecule has 0 bridgehead atoms. The molecule has 1 atom stereocenters. The van der Waals surface area contributed by atoms with Crippen molar-refractivity contribution in [3.63, 3.8) is 0 Å². The lowest BCUT2D eigenvalue weighted by molar-refractivity contribution is -0.115. The van der Waals surface area contributed by atoms with Crippen LogP contribution in [0.5, 0.6) is 5.75 Å². The molecular formula is C18H24O4. The van der Waals surface area contributed by atoms with Crippen LogP contribution in [-0.2, 0) is 14.3 Å². The first kappa shape index (κ1) is 16.7. The molecule has 2 rings (SSSR count). The molecule has 0 saturated carbocycles. The largest absolute Gasteiger partial charge is 0.467 e. The molecule has 120 valence electrons. The van der Waals surface area contributed by atoms with Crippen molar-refractivity contribution in [2.75, 3.05) is 27.1 Å². The van der Waals surface area contributed by atoms with Gasteiger partial charge < -0.3 is 14.2 Å². The number of ether oxygens (including phenoxy) is 3. The summed E-state index contributed by atoms with van der Waals surface area (Å²) in [6.45, 7) is 3.33. The molecule has 0 radical (unpaired) electrons. The monoisotopic (exact) mass is 304 g/mol. The number of carbonyl (C=O) groups is 1. The molecule has 4 nitrogen and oxygen atoms in total. The van der Waals surface area contributed by atoms with Gasteiger partial charge >= 0.3 is 0 Å². The van der Waals surface area contributed by atoms with Gasteiger partial charge in [-0.2, -0.15) is 0 Å². The first-order chi connectivity index (χ1) is 10.7. The van der Waals surface area contributed by atoms with Gasteiger partial charge in [-0.25, -0.2) is 0 Å². The molecule has 0 aliphatic heterocycles. The minimum Gasteiger partial charge on any atom is -0.467 e. The van der Waals surface area contributed by atoms with Gasteiger partial charge in [0.2, 0.25) is 0 Å². The Bertz CT molecular complexity index is 522. The average molecular weight is 304 g/mol. The molecule has 0 saturated heterocycles. The molecule has 1 aromatic carbocycles. The highest BCUT2D eigenvalue weighted by Crippen LogP contribution is 2.37. The number of hydrogen-bond acceptors (Lipinski definition) is 4. The molecule has 0 amide bonds. The van der Waals surface area contributed by atoms with E-state index in [1.54, 1.807) is 13.2 Å². The Labute approximate surface area is 132 Å². The third-order valence-electron chi connectivity index (χ3n) is 3.86. The maximum absolute atomic E-state index is 11.9. The Morgan fingerprint density at radius 1 is 1.18 bits per heavy atom.